The Balaban J connectivity index is 1.58. The van der Waals surface area contributed by atoms with E-state index in [0.717, 1.165) is 23.5 Å². The minimum Gasteiger partial charge on any atom is -0.497 e. The number of carboxylic acid groups (broad SMARTS) is 1. The second-order valence-corrected chi connectivity index (χ2v) is 6.39. The van der Waals surface area contributed by atoms with E-state index in [1.807, 2.05) is 18.2 Å². The molecule has 2 fully saturated rings. The molecule has 0 radical (unpaired) electrons. The molecule has 6 nitrogen and oxygen atoms in total. The Morgan fingerprint density at radius 3 is 2.17 bits per heavy atom. The van der Waals surface area contributed by atoms with Crippen LogP contribution in [0.2, 0.25) is 0 Å². The summed E-state index contributed by atoms with van der Waals surface area (Å²) in [5.74, 6) is 0.636. The predicted molar refractivity (Wildman–Crippen MR) is 82.6 cm³/mol. The van der Waals surface area contributed by atoms with Crippen molar-refractivity contribution in [3.8, 4) is 11.5 Å². The monoisotopic (exact) mass is 319 g/mol. The van der Waals surface area contributed by atoms with Gasteiger partial charge in [0, 0.05) is 19.2 Å². The smallest absolute Gasteiger partial charge is 0.319 e. The summed E-state index contributed by atoms with van der Waals surface area (Å²) in [4.78, 5) is 25.1. The SMILES string of the molecule is COc1cc(CC2CN(C(=O)C3(C(=O)O)CC3)C2)cc(OC)c1. The highest BCUT2D eigenvalue weighted by Crippen LogP contribution is 2.48. The molecule has 1 heterocycles. The molecule has 1 saturated heterocycles. The average molecular weight is 319 g/mol. The van der Waals surface area contributed by atoms with Crippen LogP contribution in [0.3, 0.4) is 0 Å². The summed E-state index contributed by atoms with van der Waals surface area (Å²) < 4.78 is 10.5. The Morgan fingerprint density at radius 1 is 1.17 bits per heavy atom. The second kappa shape index (κ2) is 5.76. The molecular weight excluding hydrogens is 298 g/mol. The predicted octanol–water partition coefficient (Wildman–Crippen LogP) is 1.57. The number of benzene rings is 1. The van der Waals surface area contributed by atoms with Gasteiger partial charge in [-0.25, -0.2) is 0 Å². The van der Waals surface area contributed by atoms with Gasteiger partial charge in [0.15, 0.2) is 0 Å². The molecule has 1 aliphatic heterocycles. The van der Waals surface area contributed by atoms with E-state index in [9.17, 15) is 14.7 Å². The van der Waals surface area contributed by atoms with Crippen molar-refractivity contribution in [2.45, 2.75) is 19.3 Å². The van der Waals surface area contributed by atoms with Crippen LogP contribution in [0, 0.1) is 11.3 Å². The molecule has 23 heavy (non-hydrogen) atoms. The van der Waals surface area contributed by atoms with Crippen molar-refractivity contribution in [3.05, 3.63) is 23.8 Å². The normalized spacial score (nSPS) is 19.0. The summed E-state index contributed by atoms with van der Waals surface area (Å²) in [7, 11) is 3.23. The number of amides is 1. The Labute approximate surface area is 135 Å². The third-order valence-corrected chi connectivity index (χ3v) is 4.75. The number of nitrogens with zero attached hydrogens (tertiary/aromatic N) is 1. The maximum atomic E-state index is 12.3. The molecule has 2 aliphatic rings. The molecule has 3 rings (SSSR count). The van der Waals surface area contributed by atoms with Gasteiger partial charge in [0.25, 0.3) is 0 Å². The molecule has 0 unspecified atom stereocenters. The number of rotatable bonds is 6. The highest BCUT2D eigenvalue weighted by atomic mass is 16.5. The minimum absolute atomic E-state index is 0.218. The van der Waals surface area contributed by atoms with Crippen molar-refractivity contribution in [1.82, 2.24) is 4.90 Å². The van der Waals surface area contributed by atoms with Crippen molar-refractivity contribution in [2.75, 3.05) is 27.3 Å². The van der Waals surface area contributed by atoms with E-state index >= 15 is 0 Å². The third-order valence-electron chi connectivity index (χ3n) is 4.75. The highest BCUT2D eigenvalue weighted by Gasteiger charge is 2.59. The number of ether oxygens (including phenoxy) is 2. The first-order chi connectivity index (χ1) is 11.0. The van der Waals surface area contributed by atoms with Gasteiger partial charge in [-0.1, -0.05) is 0 Å². The van der Waals surface area contributed by atoms with Crippen molar-refractivity contribution in [1.29, 1.82) is 0 Å². The standard InChI is InChI=1S/C17H21NO5/c1-22-13-6-11(7-14(8-13)23-2)5-12-9-18(10-12)15(19)17(3-4-17)16(20)21/h6-8,12H,3-5,9-10H2,1-2H3,(H,20,21). The van der Waals surface area contributed by atoms with Gasteiger partial charge in [0.05, 0.1) is 14.2 Å². The van der Waals surface area contributed by atoms with E-state index in [2.05, 4.69) is 0 Å². The van der Waals surface area contributed by atoms with Crippen LogP contribution in [-0.4, -0.2) is 49.2 Å². The van der Waals surface area contributed by atoms with Crippen molar-refractivity contribution >= 4 is 11.9 Å². The molecule has 0 bridgehead atoms. The lowest BCUT2D eigenvalue weighted by molar-refractivity contribution is -0.156. The number of hydrogen-bond donors (Lipinski definition) is 1. The summed E-state index contributed by atoms with van der Waals surface area (Å²) in [5.41, 5.74) is -0.0258. The largest absolute Gasteiger partial charge is 0.497 e. The Kier molecular flexibility index (Phi) is 3.92. The summed E-state index contributed by atoms with van der Waals surface area (Å²) >= 11 is 0. The zero-order chi connectivity index (χ0) is 16.6. The van der Waals surface area contributed by atoms with Gasteiger partial charge in [0.1, 0.15) is 16.9 Å². The lowest BCUT2D eigenvalue weighted by atomic mass is 9.90. The molecule has 6 heteroatoms. The van der Waals surface area contributed by atoms with E-state index < -0.39 is 11.4 Å². The molecule has 1 aromatic carbocycles. The first-order valence-corrected chi connectivity index (χ1v) is 7.73. The van der Waals surface area contributed by atoms with Crippen LogP contribution in [-0.2, 0) is 16.0 Å². The Morgan fingerprint density at radius 2 is 1.74 bits per heavy atom. The van der Waals surface area contributed by atoms with Crippen molar-refractivity contribution < 1.29 is 24.2 Å². The van der Waals surface area contributed by atoms with Gasteiger partial charge in [-0.15, -0.1) is 0 Å². The first-order valence-electron chi connectivity index (χ1n) is 7.73. The second-order valence-electron chi connectivity index (χ2n) is 6.39. The number of carbonyl (C=O) groups excluding carboxylic acids is 1. The van der Waals surface area contributed by atoms with Gasteiger partial charge in [-0.3, -0.25) is 9.59 Å². The lowest BCUT2D eigenvalue weighted by Crippen LogP contribution is -2.54. The van der Waals surface area contributed by atoms with Crippen LogP contribution < -0.4 is 9.47 Å². The molecule has 1 aromatic rings. The quantitative estimate of drug-likeness (QED) is 0.806. The van der Waals surface area contributed by atoms with E-state index in [1.54, 1.807) is 19.1 Å². The van der Waals surface area contributed by atoms with E-state index in [1.165, 1.54) is 0 Å². The number of aliphatic carboxylic acids is 1. The van der Waals surface area contributed by atoms with E-state index in [-0.39, 0.29) is 5.91 Å². The Hall–Kier alpha value is -2.24. The summed E-state index contributed by atoms with van der Waals surface area (Å²) in [6.45, 7) is 1.24. The maximum absolute atomic E-state index is 12.3. The van der Waals surface area contributed by atoms with Crippen LogP contribution >= 0.6 is 0 Å². The van der Waals surface area contributed by atoms with E-state index in [0.29, 0.717) is 31.8 Å². The van der Waals surface area contributed by atoms with Gasteiger partial charge >= 0.3 is 5.97 Å². The van der Waals surface area contributed by atoms with E-state index in [4.69, 9.17) is 9.47 Å². The molecule has 0 atom stereocenters. The van der Waals surface area contributed by atoms with Gasteiger partial charge in [-0.05, 0) is 42.9 Å². The molecule has 1 amide bonds. The zero-order valence-corrected chi connectivity index (χ0v) is 13.4. The fourth-order valence-corrected chi connectivity index (χ4v) is 3.13. The number of carboxylic acids is 1. The number of methoxy groups -OCH3 is 2. The van der Waals surface area contributed by atoms with Crippen LogP contribution in [0.1, 0.15) is 18.4 Å². The summed E-state index contributed by atoms with van der Waals surface area (Å²) in [5, 5.41) is 9.18. The van der Waals surface area contributed by atoms with Crippen LogP contribution in [0.15, 0.2) is 18.2 Å². The minimum atomic E-state index is -1.12. The lowest BCUT2D eigenvalue weighted by Gasteiger charge is -2.40. The average Bonchev–Trinajstić information content (AvgIpc) is 3.31. The summed E-state index contributed by atoms with van der Waals surface area (Å²) in [6, 6.07) is 5.75. The first kappa shape index (κ1) is 15.6. The topological polar surface area (TPSA) is 76.1 Å². The fraction of sp³-hybridized carbons (Fsp3) is 0.529. The molecule has 1 N–H and O–H groups in total. The van der Waals surface area contributed by atoms with Crippen LogP contribution in [0.25, 0.3) is 0 Å². The molecule has 124 valence electrons. The molecule has 0 spiro atoms. The van der Waals surface area contributed by atoms with Crippen LogP contribution in [0.5, 0.6) is 11.5 Å². The molecule has 1 aliphatic carbocycles. The summed E-state index contributed by atoms with van der Waals surface area (Å²) in [6.07, 6.45) is 1.75. The zero-order valence-electron chi connectivity index (χ0n) is 13.4. The molecule has 1 saturated carbocycles. The van der Waals surface area contributed by atoms with Gasteiger partial charge in [0.2, 0.25) is 5.91 Å². The number of hydrogen-bond acceptors (Lipinski definition) is 4. The van der Waals surface area contributed by atoms with Gasteiger partial charge in [-0.2, -0.15) is 0 Å². The molecule has 0 aromatic heterocycles. The molecular formula is C17H21NO5. The number of carbonyl (C=O) groups is 2. The fourth-order valence-electron chi connectivity index (χ4n) is 3.13. The third kappa shape index (κ3) is 2.85. The maximum Gasteiger partial charge on any atom is 0.319 e. The number of likely N-dealkylation sites (tertiary alicyclic amines) is 1. The van der Waals surface area contributed by atoms with Crippen LogP contribution in [0.4, 0.5) is 0 Å². The van der Waals surface area contributed by atoms with Crippen molar-refractivity contribution in [2.24, 2.45) is 11.3 Å². The Bertz CT molecular complexity index is 610. The van der Waals surface area contributed by atoms with Gasteiger partial charge < -0.3 is 19.5 Å². The van der Waals surface area contributed by atoms with Crippen molar-refractivity contribution in [3.63, 3.8) is 0 Å². The highest BCUT2D eigenvalue weighted by molar-refractivity contribution is 6.05.